The largest absolute Gasteiger partial charge is 0.507 e. The first-order valence-electron chi connectivity index (χ1n) is 5.41. The maximum atomic E-state index is 12.0. The molecule has 4 heteroatoms. The first-order chi connectivity index (χ1) is 8.61. The van der Waals surface area contributed by atoms with E-state index in [9.17, 15) is 14.7 Å². The molecule has 4 nitrogen and oxygen atoms in total. The number of phenols is 1. The van der Waals surface area contributed by atoms with Crippen LogP contribution in [0.5, 0.6) is 5.75 Å². The zero-order valence-corrected chi connectivity index (χ0v) is 9.31. The molecule has 1 aliphatic rings. The molecule has 0 aromatic heterocycles. The van der Waals surface area contributed by atoms with Gasteiger partial charge in [-0.05, 0) is 17.7 Å². The highest BCUT2D eigenvalue weighted by atomic mass is 16.3. The van der Waals surface area contributed by atoms with Crippen LogP contribution in [0, 0.1) is 0 Å². The fraction of sp³-hybridized carbons (Fsp3) is 0. The second kappa shape index (κ2) is 3.43. The number of nitrogens with two attached hydrogens (primary N) is 1. The van der Waals surface area contributed by atoms with Gasteiger partial charge in [0.25, 0.3) is 0 Å². The van der Waals surface area contributed by atoms with Gasteiger partial charge >= 0.3 is 0 Å². The molecule has 3 rings (SSSR count). The number of ketones is 2. The minimum Gasteiger partial charge on any atom is -0.507 e. The van der Waals surface area contributed by atoms with Crippen molar-refractivity contribution in [3.05, 3.63) is 47.5 Å². The summed E-state index contributed by atoms with van der Waals surface area (Å²) in [5.74, 6) is -1.54. The van der Waals surface area contributed by atoms with Gasteiger partial charge in [0, 0.05) is 16.8 Å². The quantitative estimate of drug-likeness (QED) is 0.418. The summed E-state index contributed by atoms with van der Waals surface area (Å²) in [6, 6.07) is 9.60. The summed E-state index contributed by atoms with van der Waals surface area (Å²) in [4.78, 5) is 23.9. The Kier molecular flexibility index (Phi) is 2.01. The number of benzene rings is 2. The van der Waals surface area contributed by atoms with Crippen LogP contribution in [-0.2, 0) is 0 Å². The summed E-state index contributed by atoms with van der Waals surface area (Å²) in [5, 5.41) is 9.77. The molecular weight excluding hydrogens is 230 g/mol. The molecule has 0 saturated heterocycles. The Morgan fingerprint density at radius 2 is 1.50 bits per heavy atom. The minimum atomic E-state index is -0.714. The minimum absolute atomic E-state index is 0.00120. The molecule has 0 heterocycles. The first kappa shape index (κ1) is 10.5. The number of carbonyl (C=O) groups excluding carboxylic acids is 2. The Labute approximate surface area is 103 Å². The van der Waals surface area contributed by atoms with E-state index in [4.69, 9.17) is 5.73 Å². The number of nitrogen functional groups attached to an aromatic ring is 1. The molecule has 0 saturated carbocycles. The molecule has 0 aliphatic heterocycles. The number of fused-ring (bicyclic) bond motifs is 3. The van der Waals surface area contributed by atoms with Crippen LogP contribution < -0.4 is 5.73 Å². The molecule has 0 amide bonds. The molecule has 0 fully saturated rings. The monoisotopic (exact) mass is 239 g/mol. The molecule has 2 aromatic carbocycles. The Bertz CT molecular complexity index is 704. The van der Waals surface area contributed by atoms with Crippen LogP contribution in [0.4, 0.5) is 5.69 Å². The van der Waals surface area contributed by atoms with Gasteiger partial charge in [0.05, 0.1) is 5.56 Å². The second-order valence-corrected chi connectivity index (χ2v) is 4.13. The molecule has 18 heavy (non-hydrogen) atoms. The number of phenolic OH excluding ortho intramolecular Hbond substituents is 1. The normalized spacial score (nSPS) is 13.1. The number of Topliss-reactive ketones (excluding diaryl/α,β-unsaturated/α-hetero) is 2. The van der Waals surface area contributed by atoms with E-state index in [0.717, 1.165) is 0 Å². The fourth-order valence-corrected chi connectivity index (χ4v) is 2.26. The van der Waals surface area contributed by atoms with E-state index < -0.39 is 11.6 Å². The van der Waals surface area contributed by atoms with E-state index >= 15 is 0 Å². The Morgan fingerprint density at radius 1 is 0.833 bits per heavy atom. The van der Waals surface area contributed by atoms with Crippen molar-refractivity contribution in [2.45, 2.75) is 0 Å². The predicted molar refractivity (Wildman–Crippen MR) is 66.6 cm³/mol. The third-order valence-electron chi connectivity index (χ3n) is 3.09. The Hall–Kier alpha value is -2.62. The van der Waals surface area contributed by atoms with Gasteiger partial charge in [0.15, 0.2) is 0 Å². The summed E-state index contributed by atoms with van der Waals surface area (Å²) in [6.07, 6.45) is 0. The van der Waals surface area contributed by atoms with Crippen LogP contribution in [0.15, 0.2) is 36.4 Å². The third-order valence-corrected chi connectivity index (χ3v) is 3.09. The highest BCUT2D eigenvalue weighted by Crippen LogP contribution is 2.41. The van der Waals surface area contributed by atoms with E-state index in [2.05, 4.69) is 0 Å². The van der Waals surface area contributed by atoms with Crippen molar-refractivity contribution in [2.75, 3.05) is 5.73 Å². The van der Waals surface area contributed by atoms with Gasteiger partial charge in [0.1, 0.15) is 5.75 Å². The topological polar surface area (TPSA) is 80.4 Å². The zero-order chi connectivity index (χ0) is 12.9. The van der Waals surface area contributed by atoms with E-state index in [-0.39, 0.29) is 11.3 Å². The first-order valence-corrected chi connectivity index (χ1v) is 5.41. The van der Waals surface area contributed by atoms with Crippen molar-refractivity contribution in [2.24, 2.45) is 0 Å². The lowest BCUT2D eigenvalue weighted by Crippen LogP contribution is -2.22. The summed E-state index contributed by atoms with van der Waals surface area (Å²) < 4.78 is 0. The van der Waals surface area contributed by atoms with Gasteiger partial charge < -0.3 is 10.8 Å². The molecule has 2 aromatic rings. The van der Waals surface area contributed by atoms with Crippen molar-refractivity contribution in [3.63, 3.8) is 0 Å². The fourth-order valence-electron chi connectivity index (χ4n) is 2.26. The van der Waals surface area contributed by atoms with Gasteiger partial charge in [-0.25, -0.2) is 0 Å². The Morgan fingerprint density at radius 3 is 2.22 bits per heavy atom. The van der Waals surface area contributed by atoms with Crippen molar-refractivity contribution in [1.29, 1.82) is 0 Å². The van der Waals surface area contributed by atoms with Gasteiger partial charge in [-0.1, -0.05) is 24.3 Å². The molecule has 0 spiro atoms. The SMILES string of the molecule is Nc1ccc(O)c2c1-c1ccccc1C(=O)C2=O. The van der Waals surface area contributed by atoms with Gasteiger partial charge in [-0.2, -0.15) is 0 Å². The molecule has 0 unspecified atom stereocenters. The molecule has 0 atom stereocenters. The smallest absolute Gasteiger partial charge is 0.237 e. The van der Waals surface area contributed by atoms with Crippen molar-refractivity contribution in [3.8, 4) is 16.9 Å². The van der Waals surface area contributed by atoms with Crippen molar-refractivity contribution >= 4 is 17.3 Å². The van der Waals surface area contributed by atoms with Crippen LogP contribution in [-0.4, -0.2) is 16.7 Å². The van der Waals surface area contributed by atoms with Gasteiger partial charge in [0.2, 0.25) is 11.6 Å². The lowest BCUT2D eigenvalue weighted by molar-refractivity contribution is 0.0813. The zero-order valence-electron chi connectivity index (χ0n) is 9.31. The average Bonchev–Trinajstić information content (AvgIpc) is 2.38. The van der Waals surface area contributed by atoms with Crippen LogP contribution in [0.3, 0.4) is 0 Å². The Balaban J connectivity index is 2.49. The van der Waals surface area contributed by atoms with Gasteiger partial charge in [-0.15, -0.1) is 0 Å². The average molecular weight is 239 g/mol. The number of anilines is 1. The summed E-state index contributed by atoms with van der Waals surface area (Å²) >= 11 is 0. The number of rotatable bonds is 0. The summed E-state index contributed by atoms with van der Waals surface area (Å²) in [6.45, 7) is 0. The summed E-state index contributed by atoms with van der Waals surface area (Å²) in [5.41, 5.74) is 7.58. The number of aromatic hydroxyl groups is 1. The standard InChI is InChI=1S/C14H9NO3/c15-9-5-6-10(16)12-11(9)7-3-1-2-4-8(7)13(17)14(12)18/h1-6,16H,15H2. The number of hydrogen-bond donors (Lipinski definition) is 2. The molecule has 0 bridgehead atoms. The number of carbonyl (C=O) groups is 2. The van der Waals surface area contributed by atoms with Crippen LogP contribution in [0.25, 0.3) is 11.1 Å². The van der Waals surface area contributed by atoms with Crippen LogP contribution >= 0.6 is 0 Å². The van der Waals surface area contributed by atoms with Crippen molar-refractivity contribution in [1.82, 2.24) is 0 Å². The van der Waals surface area contributed by atoms with E-state index in [1.165, 1.54) is 12.1 Å². The van der Waals surface area contributed by atoms with Crippen LogP contribution in [0.1, 0.15) is 20.7 Å². The molecule has 3 N–H and O–H groups in total. The highest BCUT2D eigenvalue weighted by molar-refractivity contribution is 6.53. The maximum absolute atomic E-state index is 12.0. The van der Waals surface area contributed by atoms with Crippen molar-refractivity contribution < 1.29 is 14.7 Å². The molecular formula is C14H9NO3. The summed E-state index contributed by atoms with van der Waals surface area (Å²) in [7, 11) is 0. The highest BCUT2D eigenvalue weighted by Gasteiger charge is 2.33. The third kappa shape index (κ3) is 1.20. The van der Waals surface area contributed by atoms with Gasteiger partial charge in [-0.3, -0.25) is 9.59 Å². The van der Waals surface area contributed by atoms with E-state index in [1.807, 2.05) is 0 Å². The van der Waals surface area contributed by atoms with E-state index in [1.54, 1.807) is 24.3 Å². The predicted octanol–water partition coefficient (Wildman–Crippen LogP) is 2.02. The maximum Gasteiger partial charge on any atom is 0.237 e. The molecule has 0 radical (unpaired) electrons. The lowest BCUT2D eigenvalue weighted by atomic mass is 9.82. The second-order valence-electron chi connectivity index (χ2n) is 4.13. The van der Waals surface area contributed by atoms with Crippen LogP contribution in [0.2, 0.25) is 0 Å². The lowest BCUT2D eigenvalue weighted by Gasteiger charge is -2.20. The number of hydrogen-bond acceptors (Lipinski definition) is 4. The van der Waals surface area contributed by atoms with E-state index in [0.29, 0.717) is 22.4 Å². The molecule has 88 valence electrons. The molecule has 1 aliphatic carbocycles.